The maximum absolute atomic E-state index is 13.6. The molecule has 0 spiro atoms. The molecule has 0 unspecified atom stereocenters. The molecule has 8 nitrogen and oxygen atoms in total. The van der Waals surface area contributed by atoms with Crippen LogP contribution >= 0.6 is 0 Å². The van der Waals surface area contributed by atoms with Gasteiger partial charge < -0.3 is 9.88 Å². The average Bonchev–Trinajstić information content (AvgIpc) is 3.24. The van der Waals surface area contributed by atoms with Crippen molar-refractivity contribution in [3.8, 4) is 0 Å². The Kier molecular flexibility index (Phi) is 5.69. The monoisotopic (exact) mass is 460 g/mol. The molecule has 1 aliphatic heterocycles. The number of benzene rings is 2. The van der Waals surface area contributed by atoms with Gasteiger partial charge in [0.2, 0.25) is 0 Å². The lowest BCUT2D eigenvalue weighted by atomic mass is 9.96. The first-order chi connectivity index (χ1) is 16.4. The third-order valence-electron chi connectivity index (χ3n) is 6.38. The van der Waals surface area contributed by atoms with E-state index in [-0.39, 0.29) is 22.9 Å². The molecular weight excluding hydrogens is 435 g/mol. The molecule has 0 radical (unpaired) electrons. The van der Waals surface area contributed by atoms with E-state index >= 15 is 0 Å². The van der Waals surface area contributed by atoms with Gasteiger partial charge >= 0.3 is 0 Å². The first-order valence-electron chi connectivity index (χ1n) is 11.3. The number of carbonyl (C=O) groups is 1. The van der Waals surface area contributed by atoms with Crippen LogP contribution in [0.1, 0.15) is 51.6 Å². The lowest BCUT2D eigenvalue weighted by Gasteiger charge is -2.32. The molecule has 0 bridgehead atoms. The standard InChI is InChI=1S/C25H25FN6O2/c1-15-8-9-16(2)19(11-15)14-32-23-21(29-30-32)24(33)28-22(27-23)18-6-4-10-31(13-18)25(34)17-5-3-7-20(26)12-17/h3,5,7-9,11-12,18H,4,6,10,13-14H2,1-2H3,(H,27,28,33)/t18-/m0/s1. The summed E-state index contributed by atoms with van der Waals surface area (Å²) in [6.45, 7) is 5.48. The Bertz CT molecular complexity index is 1440. The van der Waals surface area contributed by atoms with E-state index in [1.807, 2.05) is 13.8 Å². The summed E-state index contributed by atoms with van der Waals surface area (Å²) in [7, 11) is 0. The summed E-state index contributed by atoms with van der Waals surface area (Å²) in [4.78, 5) is 35.0. The molecule has 1 aliphatic rings. The number of piperidine rings is 1. The number of likely N-dealkylation sites (tertiary alicyclic amines) is 1. The lowest BCUT2D eigenvalue weighted by Crippen LogP contribution is -2.40. The summed E-state index contributed by atoms with van der Waals surface area (Å²) >= 11 is 0. The first kappa shape index (κ1) is 21.9. The van der Waals surface area contributed by atoms with Crippen molar-refractivity contribution < 1.29 is 9.18 Å². The molecule has 1 N–H and O–H groups in total. The van der Waals surface area contributed by atoms with Crippen LogP contribution in [-0.4, -0.2) is 48.9 Å². The molecule has 4 aromatic rings. The van der Waals surface area contributed by atoms with E-state index in [2.05, 4.69) is 33.5 Å². The minimum absolute atomic E-state index is 0.146. The smallest absolute Gasteiger partial charge is 0.281 e. The van der Waals surface area contributed by atoms with Gasteiger partial charge in [-0.05, 0) is 56.0 Å². The highest BCUT2D eigenvalue weighted by Gasteiger charge is 2.28. The molecule has 9 heteroatoms. The van der Waals surface area contributed by atoms with Crippen LogP contribution in [0.5, 0.6) is 0 Å². The van der Waals surface area contributed by atoms with Crippen LogP contribution in [0.3, 0.4) is 0 Å². The Hall–Kier alpha value is -3.88. The van der Waals surface area contributed by atoms with Crippen molar-refractivity contribution in [2.75, 3.05) is 13.1 Å². The van der Waals surface area contributed by atoms with Crippen LogP contribution in [0.15, 0.2) is 47.3 Å². The number of aromatic nitrogens is 5. The minimum Gasteiger partial charge on any atom is -0.338 e. The van der Waals surface area contributed by atoms with E-state index in [4.69, 9.17) is 4.98 Å². The zero-order chi connectivity index (χ0) is 23.8. The van der Waals surface area contributed by atoms with Crippen molar-refractivity contribution in [2.24, 2.45) is 0 Å². The number of amides is 1. The number of aromatic amines is 1. The molecule has 2 aromatic heterocycles. The third kappa shape index (κ3) is 4.21. The molecular formula is C25H25FN6O2. The normalized spacial score (nSPS) is 16.2. The van der Waals surface area contributed by atoms with E-state index in [9.17, 15) is 14.0 Å². The number of aryl methyl sites for hydroxylation is 2. The second-order valence-electron chi connectivity index (χ2n) is 8.90. The fourth-order valence-electron chi connectivity index (χ4n) is 4.50. The number of hydrogen-bond acceptors (Lipinski definition) is 5. The highest BCUT2D eigenvalue weighted by molar-refractivity contribution is 5.94. The van der Waals surface area contributed by atoms with E-state index in [1.165, 1.54) is 18.2 Å². The van der Waals surface area contributed by atoms with Gasteiger partial charge in [0.1, 0.15) is 11.6 Å². The minimum atomic E-state index is -0.444. The Morgan fingerprint density at radius 1 is 1.21 bits per heavy atom. The number of nitrogens with one attached hydrogen (secondary N) is 1. The number of carbonyl (C=O) groups excluding carboxylic acids is 1. The van der Waals surface area contributed by atoms with Crippen LogP contribution in [0.2, 0.25) is 0 Å². The lowest BCUT2D eigenvalue weighted by molar-refractivity contribution is 0.0704. The third-order valence-corrected chi connectivity index (χ3v) is 6.38. The SMILES string of the molecule is Cc1ccc(C)c(Cn2nnc3c(=O)[nH]c([C@H]4CCCN(C(=O)c5cccc(F)c5)C4)nc32)c1. The molecule has 34 heavy (non-hydrogen) atoms. The number of halogens is 1. The molecule has 2 aromatic carbocycles. The summed E-state index contributed by atoms with van der Waals surface area (Å²) in [5, 5.41) is 8.23. The topological polar surface area (TPSA) is 96.8 Å². The fraction of sp³-hybridized carbons (Fsp3) is 0.320. The zero-order valence-corrected chi connectivity index (χ0v) is 19.1. The van der Waals surface area contributed by atoms with Gasteiger partial charge in [0.15, 0.2) is 11.2 Å². The van der Waals surface area contributed by atoms with Crippen LogP contribution in [0.4, 0.5) is 4.39 Å². The van der Waals surface area contributed by atoms with Crippen LogP contribution in [-0.2, 0) is 6.54 Å². The Morgan fingerprint density at radius 2 is 2.06 bits per heavy atom. The second-order valence-corrected chi connectivity index (χ2v) is 8.90. The van der Waals surface area contributed by atoms with Crippen molar-refractivity contribution in [1.82, 2.24) is 29.9 Å². The number of nitrogens with zero attached hydrogens (tertiary/aromatic N) is 5. The zero-order valence-electron chi connectivity index (χ0n) is 19.1. The summed E-state index contributed by atoms with van der Waals surface area (Å²) in [6, 6.07) is 11.9. The van der Waals surface area contributed by atoms with Gasteiger partial charge in [-0.1, -0.05) is 35.0 Å². The Morgan fingerprint density at radius 3 is 2.88 bits per heavy atom. The number of rotatable bonds is 4. The highest BCUT2D eigenvalue weighted by atomic mass is 19.1. The maximum Gasteiger partial charge on any atom is 0.281 e. The molecule has 0 saturated carbocycles. The predicted molar refractivity (Wildman–Crippen MR) is 125 cm³/mol. The molecule has 1 fully saturated rings. The van der Waals surface area contributed by atoms with Crippen LogP contribution in [0.25, 0.3) is 11.2 Å². The number of hydrogen-bond donors (Lipinski definition) is 1. The summed E-state index contributed by atoms with van der Waals surface area (Å²) in [6.07, 6.45) is 1.54. The van der Waals surface area contributed by atoms with E-state index in [1.54, 1.807) is 15.6 Å². The fourth-order valence-corrected chi connectivity index (χ4v) is 4.50. The Labute approximate surface area is 195 Å². The molecule has 5 rings (SSSR count). The number of H-pyrrole nitrogens is 1. The molecule has 1 amide bonds. The highest BCUT2D eigenvalue weighted by Crippen LogP contribution is 2.26. The van der Waals surface area contributed by atoms with Crippen molar-refractivity contribution in [1.29, 1.82) is 0 Å². The quantitative estimate of drug-likeness (QED) is 0.504. The Balaban J connectivity index is 1.44. The molecule has 1 saturated heterocycles. The molecule has 174 valence electrons. The summed E-state index contributed by atoms with van der Waals surface area (Å²) in [5.41, 5.74) is 3.93. The predicted octanol–water partition coefficient (Wildman–Crippen LogP) is 3.34. The first-order valence-corrected chi connectivity index (χ1v) is 11.3. The van der Waals surface area contributed by atoms with Crippen LogP contribution in [0, 0.1) is 19.7 Å². The van der Waals surface area contributed by atoms with Gasteiger partial charge in [0.25, 0.3) is 11.5 Å². The van der Waals surface area contributed by atoms with Crippen molar-refractivity contribution in [3.05, 3.63) is 86.7 Å². The average molecular weight is 461 g/mol. The van der Waals surface area contributed by atoms with Crippen molar-refractivity contribution >= 4 is 17.1 Å². The van der Waals surface area contributed by atoms with Crippen LogP contribution < -0.4 is 5.56 Å². The number of fused-ring (bicyclic) bond motifs is 1. The van der Waals surface area contributed by atoms with Gasteiger partial charge in [-0.15, -0.1) is 5.10 Å². The van der Waals surface area contributed by atoms with Gasteiger partial charge in [0, 0.05) is 24.6 Å². The van der Waals surface area contributed by atoms with Crippen molar-refractivity contribution in [2.45, 2.75) is 39.2 Å². The van der Waals surface area contributed by atoms with E-state index in [0.717, 1.165) is 29.5 Å². The van der Waals surface area contributed by atoms with Crippen molar-refractivity contribution in [3.63, 3.8) is 0 Å². The summed E-state index contributed by atoms with van der Waals surface area (Å²) < 4.78 is 15.3. The van der Waals surface area contributed by atoms with Gasteiger partial charge in [-0.2, -0.15) is 0 Å². The molecule has 1 atom stereocenters. The second kappa shape index (κ2) is 8.81. The molecule has 3 heterocycles. The summed E-state index contributed by atoms with van der Waals surface area (Å²) in [5.74, 6) is -0.305. The largest absolute Gasteiger partial charge is 0.338 e. The van der Waals surface area contributed by atoms with Gasteiger partial charge in [-0.25, -0.2) is 14.1 Å². The molecule has 0 aliphatic carbocycles. The van der Waals surface area contributed by atoms with Gasteiger partial charge in [0.05, 0.1) is 6.54 Å². The van der Waals surface area contributed by atoms with Gasteiger partial charge in [-0.3, -0.25) is 9.59 Å². The van der Waals surface area contributed by atoms with E-state index in [0.29, 0.717) is 36.7 Å². The van der Waals surface area contributed by atoms with E-state index < -0.39 is 5.82 Å². The maximum atomic E-state index is 13.6.